The van der Waals surface area contributed by atoms with Crippen molar-refractivity contribution in [2.75, 3.05) is 4.90 Å². The molecule has 0 fully saturated rings. The van der Waals surface area contributed by atoms with Crippen LogP contribution in [0.1, 0.15) is 22.9 Å². The lowest BCUT2D eigenvalue weighted by molar-refractivity contribution is 0.659. The number of amidine groups is 2. The first-order chi connectivity index (χ1) is 29.7. The molecule has 9 aromatic carbocycles. The number of hydrogen-bond acceptors (Lipinski definition) is 5. The van der Waals surface area contributed by atoms with Gasteiger partial charge in [0.15, 0.2) is 5.84 Å². The lowest BCUT2D eigenvalue weighted by atomic mass is 10.0. The van der Waals surface area contributed by atoms with E-state index in [1.54, 1.807) is 0 Å². The van der Waals surface area contributed by atoms with Crippen LogP contribution in [0.15, 0.2) is 233 Å². The highest BCUT2D eigenvalue weighted by Crippen LogP contribution is 2.45. The van der Waals surface area contributed by atoms with Gasteiger partial charge in [0.1, 0.15) is 23.2 Å². The Morgan fingerprint density at radius 2 is 1.00 bits per heavy atom. The third-order valence-electron chi connectivity index (χ3n) is 11.4. The minimum Gasteiger partial charge on any atom is -0.455 e. The first-order valence-corrected chi connectivity index (χ1v) is 20.3. The van der Waals surface area contributed by atoms with Crippen LogP contribution in [0.2, 0.25) is 0 Å². The maximum atomic E-state index is 6.92. The zero-order valence-electron chi connectivity index (χ0n) is 32.6. The van der Waals surface area contributed by atoms with E-state index in [1.807, 2.05) is 18.2 Å². The minimum absolute atomic E-state index is 0.366. The summed E-state index contributed by atoms with van der Waals surface area (Å²) in [6.07, 6.45) is -0.366. The zero-order chi connectivity index (χ0) is 39.8. The second-order valence-corrected chi connectivity index (χ2v) is 15.0. The summed E-state index contributed by atoms with van der Waals surface area (Å²) in [5.41, 5.74) is 12.2. The number of anilines is 3. The van der Waals surface area contributed by atoms with Crippen molar-refractivity contribution in [1.82, 2.24) is 5.32 Å². The second-order valence-electron chi connectivity index (χ2n) is 15.0. The predicted octanol–water partition coefficient (Wildman–Crippen LogP) is 14.0. The summed E-state index contributed by atoms with van der Waals surface area (Å²) in [7, 11) is 0. The summed E-state index contributed by atoms with van der Waals surface area (Å²) in [5.74, 6) is 1.37. The Hall–Kier alpha value is -8.02. The van der Waals surface area contributed by atoms with E-state index in [0.29, 0.717) is 11.7 Å². The Kier molecular flexibility index (Phi) is 8.82. The van der Waals surface area contributed by atoms with E-state index < -0.39 is 0 Å². The second kappa shape index (κ2) is 15.1. The van der Waals surface area contributed by atoms with Crippen molar-refractivity contribution in [3.8, 4) is 22.3 Å². The van der Waals surface area contributed by atoms with Crippen LogP contribution in [0.25, 0.3) is 55.0 Å². The van der Waals surface area contributed by atoms with Crippen molar-refractivity contribution < 1.29 is 4.42 Å². The van der Waals surface area contributed by atoms with Crippen molar-refractivity contribution in [3.63, 3.8) is 0 Å². The van der Waals surface area contributed by atoms with Crippen molar-refractivity contribution in [3.05, 3.63) is 235 Å². The number of para-hydroxylation sites is 1. The van der Waals surface area contributed by atoms with Crippen LogP contribution in [0.5, 0.6) is 0 Å². The Balaban J connectivity index is 1.11. The number of fused-ring (bicyclic) bond motifs is 4. The van der Waals surface area contributed by atoms with Crippen LogP contribution < -0.4 is 10.2 Å². The Bertz CT molecular complexity index is 3120. The fraction of sp³-hybridized carbons (Fsp3) is 0.0182. The van der Waals surface area contributed by atoms with Gasteiger partial charge in [-0.15, -0.1) is 0 Å². The van der Waals surface area contributed by atoms with E-state index in [4.69, 9.17) is 14.4 Å². The Labute approximate surface area is 348 Å². The topological polar surface area (TPSA) is 53.1 Å². The van der Waals surface area contributed by atoms with Crippen molar-refractivity contribution in [2.24, 2.45) is 9.98 Å². The first kappa shape index (κ1) is 35.2. The molecule has 0 saturated carbocycles. The quantitative estimate of drug-likeness (QED) is 0.167. The molecule has 0 bridgehead atoms. The largest absolute Gasteiger partial charge is 0.455 e. The van der Waals surface area contributed by atoms with Crippen LogP contribution in [0.3, 0.4) is 0 Å². The summed E-state index contributed by atoms with van der Waals surface area (Å²) in [6.45, 7) is 0. The molecule has 11 rings (SSSR count). The predicted molar refractivity (Wildman–Crippen MR) is 249 cm³/mol. The molecular weight excluding hydrogens is 733 g/mol. The summed E-state index contributed by atoms with van der Waals surface area (Å²) in [6, 6.07) is 76.4. The maximum absolute atomic E-state index is 6.92. The van der Waals surface area contributed by atoms with E-state index >= 15 is 0 Å². The van der Waals surface area contributed by atoms with Gasteiger partial charge in [-0.3, -0.25) is 0 Å². The van der Waals surface area contributed by atoms with E-state index in [0.717, 1.165) is 77.6 Å². The van der Waals surface area contributed by atoms with Gasteiger partial charge >= 0.3 is 0 Å². The van der Waals surface area contributed by atoms with Gasteiger partial charge in [0.05, 0.1) is 16.6 Å². The number of nitrogens with one attached hydrogen (secondary N) is 1. The first-order valence-electron chi connectivity index (χ1n) is 20.3. The molecule has 1 aliphatic rings. The molecule has 5 heteroatoms. The van der Waals surface area contributed by atoms with Crippen LogP contribution in [0, 0.1) is 0 Å². The summed E-state index contributed by atoms with van der Waals surface area (Å²) in [5, 5.41) is 7.98. The van der Waals surface area contributed by atoms with Gasteiger partial charge in [0, 0.05) is 22.3 Å². The molecule has 1 aromatic heterocycles. The zero-order valence-corrected chi connectivity index (χ0v) is 32.6. The number of aliphatic imine (C=N–C) groups is 2. The van der Waals surface area contributed by atoms with Gasteiger partial charge in [-0.1, -0.05) is 176 Å². The van der Waals surface area contributed by atoms with Gasteiger partial charge < -0.3 is 14.6 Å². The molecule has 0 spiro atoms. The highest BCUT2D eigenvalue weighted by atomic mass is 16.3. The molecule has 0 saturated heterocycles. The standard InChI is InChI=1S/C55H38N4O/c1-4-15-37(16-5-1)39-27-31-43(32-28-39)59(44-33-29-40(30-34-44)38-17-6-2-7-18-38)49-36-35-48(52-51(49)47-24-12-13-26-50(47)60-52)55-57-53(42-20-8-3-9-21-42)56-54(58-55)46-25-14-22-41-19-10-11-23-45(41)46/h1-36,53H,(H,56,57,58). The third-order valence-corrected chi connectivity index (χ3v) is 11.4. The van der Waals surface area contributed by atoms with Gasteiger partial charge in [-0.2, -0.15) is 0 Å². The van der Waals surface area contributed by atoms with Gasteiger partial charge in [0.25, 0.3) is 0 Å². The van der Waals surface area contributed by atoms with E-state index in [9.17, 15) is 0 Å². The average Bonchev–Trinajstić information content (AvgIpc) is 3.73. The Morgan fingerprint density at radius 3 is 1.67 bits per heavy atom. The van der Waals surface area contributed by atoms with Crippen LogP contribution in [0.4, 0.5) is 17.1 Å². The van der Waals surface area contributed by atoms with Crippen molar-refractivity contribution in [1.29, 1.82) is 0 Å². The van der Waals surface area contributed by atoms with E-state index in [2.05, 4.69) is 210 Å². The normalized spacial score (nSPS) is 13.8. The molecule has 284 valence electrons. The summed E-state index contributed by atoms with van der Waals surface area (Å²) >= 11 is 0. The van der Waals surface area contributed by atoms with E-state index in [1.165, 1.54) is 11.1 Å². The van der Waals surface area contributed by atoms with Gasteiger partial charge in [-0.25, -0.2) is 9.98 Å². The molecule has 0 aliphatic carbocycles. The lowest BCUT2D eigenvalue weighted by Gasteiger charge is -2.28. The molecule has 60 heavy (non-hydrogen) atoms. The maximum Gasteiger partial charge on any atom is 0.160 e. The SMILES string of the molecule is c1ccc(-c2ccc(N(c3ccc(-c4ccccc4)cc3)c3ccc(C4=NC(c5cccc6ccccc56)=NC(c5ccccc5)N4)c4oc5ccccc5c34)cc2)cc1. The molecule has 1 atom stereocenters. The van der Waals surface area contributed by atoms with Crippen molar-refractivity contribution in [2.45, 2.75) is 6.17 Å². The Morgan fingerprint density at radius 1 is 0.450 bits per heavy atom. The molecule has 0 radical (unpaired) electrons. The molecule has 10 aromatic rings. The molecule has 1 N–H and O–H groups in total. The summed E-state index contributed by atoms with van der Waals surface area (Å²) < 4.78 is 6.92. The third kappa shape index (κ3) is 6.39. The van der Waals surface area contributed by atoms with Gasteiger partial charge in [0.2, 0.25) is 0 Å². The fourth-order valence-electron chi connectivity index (χ4n) is 8.41. The molecular formula is C55H38N4O. The minimum atomic E-state index is -0.366. The van der Waals surface area contributed by atoms with Crippen LogP contribution in [-0.4, -0.2) is 11.7 Å². The molecule has 1 unspecified atom stereocenters. The smallest absolute Gasteiger partial charge is 0.160 e. The monoisotopic (exact) mass is 770 g/mol. The van der Waals surface area contributed by atoms with E-state index in [-0.39, 0.29) is 6.17 Å². The number of rotatable bonds is 8. The fourth-order valence-corrected chi connectivity index (χ4v) is 8.41. The number of benzene rings is 9. The average molecular weight is 771 g/mol. The molecule has 2 heterocycles. The summed E-state index contributed by atoms with van der Waals surface area (Å²) in [4.78, 5) is 12.9. The number of furan rings is 1. The molecule has 5 nitrogen and oxygen atoms in total. The highest BCUT2D eigenvalue weighted by molar-refractivity contribution is 6.23. The van der Waals surface area contributed by atoms with Crippen molar-refractivity contribution >= 4 is 61.4 Å². The van der Waals surface area contributed by atoms with Gasteiger partial charge in [-0.05, 0) is 81.1 Å². The highest BCUT2D eigenvalue weighted by Gasteiger charge is 2.27. The molecule has 0 amide bonds. The lowest BCUT2D eigenvalue weighted by Crippen LogP contribution is -2.33. The van der Waals surface area contributed by atoms with Crippen LogP contribution >= 0.6 is 0 Å². The number of nitrogens with zero attached hydrogens (tertiary/aromatic N) is 3. The van der Waals surface area contributed by atoms with Crippen LogP contribution in [-0.2, 0) is 0 Å². The molecule has 1 aliphatic heterocycles. The number of hydrogen-bond donors (Lipinski definition) is 1.